The number of hydrogen-bond acceptors (Lipinski definition) is 3. The van der Waals surface area contributed by atoms with Gasteiger partial charge in [-0.3, -0.25) is 9.59 Å². The molecule has 5 nitrogen and oxygen atoms in total. The summed E-state index contributed by atoms with van der Waals surface area (Å²) in [5.41, 5.74) is 0.158. The predicted molar refractivity (Wildman–Crippen MR) is 92.9 cm³/mol. The highest BCUT2D eigenvalue weighted by Crippen LogP contribution is 2.49. The summed E-state index contributed by atoms with van der Waals surface area (Å²) in [6.45, 7) is 2.10. The van der Waals surface area contributed by atoms with Gasteiger partial charge in [0.05, 0.1) is 5.39 Å². The summed E-state index contributed by atoms with van der Waals surface area (Å²) in [5, 5.41) is 8.52. The average molecular weight is 325 g/mol. The number of aryl methyl sites for hydroxylation is 1. The second-order valence-corrected chi connectivity index (χ2v) is 7.42. The molecule has 1 N–H and O–H groups in total. The molecule has 4 rings (SSSR count). The van der Waals surface area contributed by atoms with Crippen molar-refractivity contribution in [2.45, 2.75) is 38.6 Å². The van der Waals surface area contributed by atoms with E-state index in [0.717, 1.165) is 11.8 Å². The second kappa shape index (κ2) is 5.72. The highest BCUT2D eigenvalue weighted by Gasteiger charge is 2.42. The number of nitrogens with zero attached hydrogens (tertiary/aromatic N) is 2. The molecule has 1 heterocycles. The molecule has 24 heavy (non-hydrogen) atoms. The van der Waals surface area contributed by atoms with Crippen LogP contribution in [0.4, 0.5) is 0 Å². The Morgan fingerprint density at radius 1 is 1.25 bits per heavy atom. The fraction of sp³-hybridized carbons (Fsp3) is 0.526. The number of carbonyl (C=O) groups is 1. The minimum atomic E-state index is -0.183. The van der Waals surface area contributed by atoms with E-state index in [2.05, 4.69) is 17.3 Å². The van der Waals surface area contributed by atoms with E-state index in [9.17, 15) is 9.59 Å². The zero-order chi connectivity index (χ0) is 16.8. The molecular formula is C19H23N3O2. The fourth-order valence-corrected chi connectivity index (χ4v) is 4.76. The van der Waals surface area contributed by atoms with Gasteiger partial charge < -0.3 is 5.32 Å². The number of amides is 1. The van der Waals surface area contributed by atoms with Crippen molar-refractivity contribution in [1.82, 2.24) is 15.1 Å². The largest absolute Gasteiger partial charge is 0.348 e. The van der Waals surface area contributed by atoms with Gasteiger partial charge in [-0.1, -0.05) is 24.6 Å². The van der Waals surface area contributed by atoms with Crippen LogP contribution in [0.2, 0.25) is 0 Å². The average Bonchev–Trinajstić information content (AvgIpc) is 3.21. The second-order valence-electron chi connectivity index (χ2n) is 7.42. The molecule has 0 radical (unpaired) electrons. The normalized spacial score (nSPS) is 26.7. The van der Waals surface area contributed by atoms with Gasteiger partial charge in [-0.2, -0.15) is 5.10 Å². The van der Waals surface area contributed by atoms with E-state index in [1.54, 1.807) is 19.2 Å². The maximum absolute atomic E-state index is 12.8. The minimum Gasteiger partial charge on any atom is -0.348 e. The van der Waals surface area contributed by atoms with Crippen LogP contribution >= 0.6 is 0 Å². The molecule has 2 bridgehead atoms. The Hall–Kier alpha value is -2.17. The smallest absolute Gasteiger partial charge is 0.274 e. The Morgan fingerprint density at radius 3 is 2.67 bits per heavy atom. The van der Waals surface area contributed by atoms with E-state index in [0.29, 0.717) is 22.4 Å². The van der Waals surface area contributed by atoms with Crippen LogP contribution in [0.5, 0.6) is 0 Å². The monoisotopic (exact) mass is 325 g/mol. The third kappa shape index (κ3) is 2.43. The van der Waals surface area contributed by atoms with Crippen LogP contribution in [0.25, 0.3) is 10.8 Å². The van der Waals surface area contributed by atoms with Crippen molar-refractivity contribution in [3.8, 4) is 0 Å². The zero-order valence-electron chi connectivity index (χ0n) is 14.2. The van der Waals surface area contributed by atoms with Crippen molar-refractivity contribution in [2.24, 2.45) is 24.8 Å². The third-order valence-electron chi connectivity index (χ3n) is 5.97. The molecule has 2 saturated carbocycles. The zero-order valence-corrected chi connectivity index (χ0v) is 14.2. The van der Waals surface area contributed by atoms with E-state index >= 15 is 0 Å². The molecule has 0 aliphatic heterocycles. The first-order valence-corrected chi connectivity index (χ1v) is 8.81. The van der Waals surface area contributed by atoms with Gasteiger partial charge in [0, 0.05) is 18.5 Å². The maximum Gasteiger partial charge on any atom is 0.274 e. The Labute approximate surface area is 141 Å². The van der Waals surface area contributed by atoms with Gasteiger partial charge in [-0.15, -0.1) is 0 Å². The topological polar surface area (TPSA) is 64.0 Å². The molecule has 2 aliphatic carbocycles. The molecule has 0 unspecified atom stereocenters. The van der Waals surface area contributed by atoms with Crippen LogP contribution in [0.3, 0.4) is 0 Å². The van der Waals surface area contributed by atoms with Crippen LogP contribution in [0, 0.1) is 17.8 Å². The van der Waals surface area contributed by atoms with Gasteiger partial charge in [0.15, 0.2) is 5.69 Å². The van der Waals surface area contributed by atoms with E-state index in [4.69, 9.17) is 0 Å². The number of nitrogens with one attached hydrogen (secondary N) is 1. The van der Waals surface area contributed by atoms with Crippen molar-refractivity contribution in [3.63, 3.8) is 0 Å². The molecule has 1 amide bonds. The maximum atomic E-state index is 12.8. The van der Waals surface area contributed by atoms with E-state index in [-0.39, 0.29) is 17.5 Å². The molecule has 126 valence electrons. The summed E-state index contributed by atoms with van der Waals surface area (Å²) in [7, 11) is 1.59. The third-order valence-corrected chi connectivity index (χ3v) is 5.97. The molecule has 4 atom stereocenters. The summed E-state index contributed by atoms with van der Waals surface area (Å²) in [5.74, 6) is 2.01. The number of hydrogen-bond donors (Lipinski definition) is 1. The van der Waals surface area contributed by atoms with Gasteiger partial charge in [0.25, 0.3) is 11.5 Å². The van der Waals surface area contributed by atoms with Crippen LogP contribution in [-0.4, -0.2) is 21.7 Å². The lowest BCUT2D eigenvalue weighted by Crippen LogP contribution is -2.41. The van der Waals surface area contributed by atoms with Crippen molar-refractivity contribution >= 4 is 16.7 Å². The number of fused-ring (bicyclic) bond motifs is 3. The summed E-state index contributed by atoms with van der Waals surface area (Å²) in [4.78, 5) is 25.0. The Kier molecular flexibility index (Phi) is 3.66. The number of carbonyl (C=O) groups excluding carboxylic acids is 1. The highest BCUT2D eigenvalue weighted by molar-refractivity contribution is 6.04. The lowest BCUT2D eigenvalue weighted by molar-refractivity contribution is 0.0910. The van der Waals surface area contributed by atoms with Gasteiger partial charge in [0.1, 0.15) is 0 Å². The standard InChI is InChI=1S/C19H23N3O2/c1-11(16-10-12-7-8-13(16)9-12)20-18(23)17-14-5-3-4-6-15(14)19(24)22(2)21-17/h3-6,11-13,16H,7-10H2,1-2H3,(H,20,23)/t11-,12-,13-,16+/m0/s1. The fourth-order valence-electron chi connectivity index (χ4n) is 4.76. The van der Waals surface area contributed by atoms with Crippen LogP contribution in [0.1, 0.15) is 43.1 Å². The first-order chi connectivity index (χ1) is 11.5. The quantitative estimate of drug-likeness (QED) is 0.943. The molecule has 0 spiro atoms. The van der Waals surface area contributed by atoms with Gasteiger partial charge in [-0.25, -0.2) is 4.68 Å². The molecule has 2 fully saturated rings. The molecule has 2 aromatic rings. The van der Waals surface area contributed by atoms with Crippen molar-refractivity contribution in [1.29, 1.82) is 0 Å². The molecule has 2 aliphatic rings. The summed E-state index contributed by atoms with van der Waals surface area (Å²) in [6.07, 6.45) is 5.21. The summed E-state index contributed by atoms with van der Waals surface area (Å²) < 4.78 is 1.25. The Morgan fingerprint density at radius 2 is 2.00 bits per heavy atom. The van der Waals surface area contributed by atoms with Crippen LogP contribution in [0.15, 0.2) is 29.1 Å². The Bertz CT molecular complexity index is 857. The summed E-state index contributed by atoms with van der Waals surface area (Å²) in [6, 6.07) is 7.32. The summed E-state index contributed by atoms with van der Waals surface area (Å²) >= 11 is 0. The van der Waals surface area contributed by atoms with Crippen LogP contribution in [-0.2, 0) is 7.05 Å². The van der Waals surface area contributed by atoms with Crippen molar-refractivity contribution < 1.29 is 4.79 Å². The highest BCUT2D eigenvalue weighted by atomic mass is 16.2. The minimum absolute atomic E-state index is 0.144. The van der Waals surface area contributed by atoms with Crippen molar-refractivity contribution in [2.75, 3.05) is 0 Å². The number of benzene rings is 1. The number of aromatic nitrogens is 2. The van der Waals surface area contributed by atoms with E-state index in [1.807, 2.05) is 12.1 Å². The van der Waals surface area contributed by atoms with Gasteiger partial charge in [0.2, 0.25) is 0 Å². The Balaban J connectivity index is 1.62. The molecule has 0 saturated heterocycles. The molecular weight excluding hydrogens is 302 g/mol. The SMILES string of the molecule is C[C@H](NC(=O)c1nn(C)c(=O)c2ccccc12)[C@H]1C[C@H]2CC[C@H]1C2. The van der Waals surface area contributed by atoms with E-state index in [1.165, 1.54) is 30.4 Å². The lowest BCUT2D eigenvalue weighted by Gasteiger charge is -2.28. The van der Waals surface area contributed by atoms with Crippen molar-refractivity contribution in [3.05, 3.63) is 40.3 Å². The van der Waals surface area contributed by atoms with E-state index < -0.39 is 0 Å². The van der Waals surface area contributed by atoms with Gasteiger partial charge in [-0.05, 0) is 50.0 Å². The first-order valence-electron chi connectivity index (χ1n) is 8.81. The number of rotatable bonds is 3. The molecule has 1 aromatic heterocycles. The van der Waals surface area contributed by atoms with Gasteiger partial charge >= 0.3 is 0 Å². The molecule has 5 heteroatoms. The molecule has 1 aromatic carbocycles. The predicted octanol–water partition coefficient (Wildman–Crippen LogP) is 2.49. The van der Waals surface area contributed by atoms with Crippen LogP contribution < -0.4 is 10.9 Å². The lowest BCUT2D eigenvalue weighted by atomic mass is 9.84. The first kappa shape index (κ1) is 15.4.